The molecule has 0 spiro atoms. The molecule has 0 fully saturated rings. The lowest BCUT2D eigenvalue weighted by atomic mass is 10.1. The summed E-state index contributed by atoms with van der Waals surface area (Å²) in [7, 11) is 4.00. The molecule has 1 aromatic carbocycles. The molecule has 16 heavy (non-hydrogen) atoms. The van der Waals surface area contributed by atoms with Crippen LogP contribution in [0.3, 0.4) is 0 Å². The zero-order chi connectivity index (χ0) is 11.5. The monoisotopic (exact) mass is 216 g/mol. The number of fused-ring (bicyclic) bond motifs is 1. The van der Waals surface area contributed by atoms with Crippen molar-refractivity contribution in [3.63, 3.8) is 0 Å². The Morgan fingerprint density at radius 2 is 2.06 bits per heavy atom. The van der Waals surface area contributed by atoms with Crippen LogP contribution in [-0.2, 0) is 4.74 Å². The van der Waals surface area contributed by atoms with Crippen LogP contribution < -0.4 is 0 Å². The summed E-state index contributed by atoms with van der Waals surface area (Å²) >= 11 is 0. The van der Waals surface area contributed by atoms with Gasteiger partial charge in [-0.15, -0.1) is 0 Å². The summed E-state index contributed by atoms with van der Waals surface area (Å²) in [5, 5.41) is 0. The normalized spacial score (nSPS) is 15.9. The van der Waals surface area contributed by atoms with Gasteiger partial charge in [0.25, 0.3) is 0 Å². The second-order valence-corrected chi connectivity index (χ2v) is 3.87. The maximum atomic E-state index is 5.55. The second-order valence-electron chi connectivity index (χ2n) is 3.87. The van der Waals surface area contributed by atoms with Crippen LogP contribution in [0.4, 0.5) is 5.69 Å². The molecule has 1 aliphatic heterocycles. The van der Waals surface area contributed by atoms with Crippen LogP contribution in [0.25, 0.3) is 5.57 Å². The van der Waals surface area contributed by atoms with Gasteiger partial charge < -0.3 is 9.64 Å². The molecule has 3 heteroatoms. The first-order valence-corrected chi connectivity index (χ1v) is 5.42. The highest BCUT2D eigenvalue weighted by atomic mass is 16.5. The van der Waals surface area contributed by atoms with E-state index >= 15 is 0 Å². The van der Waals surface area contributed by atoms with E-state index < -0.39 is 0 Å². The van der Waals surface area contributed by atoms with E-state index in [0.717, 1.165) is 22.7 Å². The molecule has 0 saturated heterocycles. The summed E-state index contributed by atoms with van der Waals surface area (Å²) < 4.78 is 5.55. The maximum absolute atomic E-state index is 5.55. The Hall–Kier alpha value is -1.77. The van der Waals surface area contributed by atoms with Crippen LogP contribution >= 0.6 is 0 Å². The van der Waals surface area contributed by atoms with Gasteiger partial charge >= 0.3 is 0 Å². The van der Waals surface area contributed by atoms with Gasteiger partial charge in [-0.05, 0) is 13.0 Å². The van der Waals surface area contributed by atoms with E-state index in [-0.39, 0.29) is 0 Å². The van der Waals surface area contributed by atoms with Crippen LogP contribution in [-0.4, -0.2) is 31.5 Å². The fourth-order valence-electron chi connectivity index (χ4n) is 1.71. The smallest absolute Gasteiger partial charge is 0.223 e. The Bertz CT molecular complexity index is 447. The van der Waals surface area contributed by atoms with Gasteiger partial charge in [0.05, 0.1) is 17.9 Å². The first kappa shape index (κ1) is 10.7. The van der Waals surface area contributed by atoms with E-state index in [1.165, 1.54) is 0 Å². The quantitative estimate of drug-likeness (QED) is 0.759. The van der Waals surface area contributed by atoms with Crippen LogP contribution in [0, 0.1) is 0 Å². The molecular weight excluding hydrogens is 200 g/mol. The van der Waals surface area contributed by atoms with Crippen molar-refractivity contribution in [1.29, 1.82) is 0 Å². The van der Waals surface area contributed by atoms with Crippen molar-refractivity contribution < 1.29 is 4.74 Å². The Labute approximate surface area is 96.1 Å². The van der Waals surface area contributed by atoms with Gasteiger partial charge in [-0.25, -0.2) is 4.99 Å². The molecule has 0 radical (unpaired) electrons. The molecule has 0 saturated carbocycles. The average molecular weight is 216 g/mol. The molecule has 0 atom stereocenters. The van der Waals surface area contributed by atoms with Crippen LogP contribution in [0.5, 0.6) is 0 Å². The molecule has 84 valence electrons. The van der Waals surface area contributed by atoms with Crippen LogP contribution in [0.1, 0.15) is 12.5 Å². The highest BCUT2D eigenvalue weighted by Crippen LogP contribution is 2.34. The zero-order valence-corrected chi connectivity index (χ0v) is 9.90. The second kappa shape index (κ2) is 4.39. The largest absolute Gasteiger partial charge is 0.477 e. The summed E-state index contributed by atoms with van der Waals surface area (Å²) in [5.74, 6) is 0.720. The first-order valence-electron chi connectivity index (χ1n) is 5.42. The predicted octanol–water partition coefficient (Wildman–Crippen LogP) is 2.67. The summed E-state index contributed by atoms with van der Waals surface area (Å²) in [6, 6.07) is 8.09. The van der Waals surface area contributed by atoms with Crippen molar-refractivity contribution in [2.24, 2.45) is 4.99 Å². The number of rotatable bonds is 2. The SMILES string of the molecule is CCOC1=Nc2ccccc2C1=CN(C)C. The first-order chi connectivity index (χ1) is 7.72. The van der Waals surface area contributed by atoms with Crippen LogP contribution in [0.2, 0.25) is 0 Å². The number of ether oxygens (including phenoxy) is 1. The van der Waals surface area contributed by atoms with Crippen molar-refractivity contribution in [1.82, 2.24) is 4.90 Å². The molecule has 0 N–H and O–H groups in total. The van der Waals surface area contributed by atoms with Crippen molar-refractivity contribution in [3.05, 3.63) is 36.0 Å². The highest BCUT2D eigenvalue weighted by molar-refractivity contribution is 6.25. The molecule has 0 amide bonds. The Kier molecular flexibility index (Phi) is 2.95. The standard InChI is InChI=1S/C13H16N2O/c1-4-16-13-11(9-15(2)3)10-7-5-6-8-12(10)14-13/h5-9H,4H2,1-3H3. The Balaban J connectivity index is 2.44. The summed E-state index contributed by atoms with van der Waals surface area (Å²) in [5.41, 5.74) is 3.18. The van der Waals surface area contributed by atoms with Crippen molar-refractivity contribution in [2.45, 2.75) is 6.92 Å². The lowest BCUT2D eigenvalue weighted by Gasteiger charge is -2.10. The Morgan fingerprint density at radius 1 is 1.31 bits per heavy atom. The third-order valence-corrected chi connectivity index (χ3v) is 2.31. The van der Waals surface area contributed by atoms with Gasteiger partial charge in [0, 0.05) is 25.9 Å². The fraction of sp³-hybridized carbons (Fsp3) is 0.308. The van der Waals surface area contributed by atoms with E-state index in [0.29, 0.717) is 6.61 Å². The number of hydrogen-bond acceptors (Lipinski definition) is 3. The Morgan fingerprint density at radius 3 is 2.75 bits per heavy atom. The van der Waals surface area contributed by atoms with E-state index in [9.17, 15) is 0 Å². The van der Waals surface area contributed by atoms with Crippen molar-refractivity contribution >= 4 is 17.2 Å². The van der Waals surface area contributed by atoms with Gasteiger partial charge in [-0.2, -0.15) is 0 Å². The minimum Gasteiger partial charge on any atom is -0.477 e. The minimum atomic E-state index is 0.636. The maximum Gasteiger partial charge on any atom is 0.223 e. The number of benzene rings is 1. The average Bonchev–Trinajstić information content (AvgIpc) is 2.57. The van der Waals surface area contributed by atoms with Gasteiger partial charge in [-0.3, -0.25) is 0 Å². The summed E-state index contributed by atoms with van der Waals surface area (Å²) in [4.78, 5) is 6.48. The van der Waals surface area contributed by atoms with Gasteiger partial charge in [0.15, 0.2) is 0 Å². The zero-order valence-electron chi connectivity index (χ0n) is 9.90. The van der Waals surface area contributed by atoms with E-state index in [4.69, 9.17) is 4.74 Å². The summed E-state index contributed by atoms with van der Waals surface area (Å²) in [6.07, 6.45) is 2.04. The van der Waals surface area contributed by atoms with Gasteiger partial charge in [0.2, 0.25) is 5.90 Å². The molecule has 2 rings (SSSR count). The molecule has 3 nitrogen and oxygen atoms in total. The topological polar surface area (TPSA) is 24.8 Å². The molecule has 0 aromatic heterocycles. The molecule has 0 bridgehead atoms. The number of para-hydroxylation sites is 1. The number of nitrogens with zero attached hydrogens (tertiary/aromatic N) is 2. The van der Waals surface area contributed by atoms with E-state index in [2.05, 4.69) is 11.1 Å². The molecular formula is C13H16N2O. The molecule has 1 aromatic rings. The van der Waals surface area contributed by atoms with E-state index in [1.807, 2.05) is 50.3 Å². The fourth-order valence-corrected chi connectivity index (χ4v) is 1.71. The third kappa shape index (κ3) is 1.94. The molecule has 0 unspecified atom stereocenters. The lowest BCUT2D eigenvalue weighted by molar-refractivity contribution is 0.332. The van der Waals surface area contributed by atoms with Gasteiger partial charge in [-0.1, -0.05) is 18.2 Å². The van der Waals surface area contributed by atoms with Gasteiger partial charge in [0.1, 0.15) is 0 Å². The molecule has 1 heterocycles. The molecule has 1 aliphatic rings. The number of aliphatic imine (C=N–C) groups is 1. The minimum absolute atomic E-state index is 0.636. The summed E-state index contributed by atoms with van der Waals surface area (Å²) in [6.45, 7) is 2.61. The lowest BCUT2D eigenvalue weighted by Crippen LogP contribution is -2.09. The predicted molar refractivity (Wildman–Crippen MR) is 66.8 cm³/mol. The third-order valence-electron chi connectivity index (χ3n) is 2.31. The van der Waals surface area contributed by atoms with Crippen LogP contribution in [0.15, 0.2) is 35.5 Å². The van der Waals surface area contributed by atoms with Crippen molar-refractivity contribution in [3.8, 4) is 0 Å². The van der Waals surface area contributed by atoms with Crippen molar-refractivity contribution in [2.75, 3.05) is 20.7 Å². The highest BCUT2D eigenvalue weighted by Gasteiger charge is 2.21. The number of hydrogen-bond donors (Lipinski definition) is 0. The molecule has 0 aliphatic carbocycles. The van der Waals surface area contributed by atoms with E-state index in [1.54, 1.807) is 0 Å².